The molecule has 0 radical (unpaired) electrons. The van der Waals surface area contributed by atoms with E-state index in [1.54, 1.807) is 19.1 Å². The molecule has 0 bridgehead atoms. The van der Waals surface area contributed by atoms with Crippen molar-refractivity contribution in [2.24, 2.45) is 0 Å². The van der Waals surface area contributed by atoms with E-state index in [-0.39, 0.29) is 25.5 Å². The van der Waals surface area contributed by atoms with Crippen LogP contribution >= 0.6 is 0 Å². The van der Waals surface area contributed by atoms with Gasteiger partial charge in [0, 0.05) is 38.3 Å². The van der Waals surface area contributed by atoms with Crippen molar-refractivity contribution in [3.05, 3.63) is 44.5 Å². The summed E-state index contributed by atoms with van der Waals surface area (Å²) in [7, 11) is 0. The van der Waals surface area contributed by atoms with Gasteiger partial charge in [0.25, 0.3) is 5.91 Å². The van der Waals surface area contributed by atoms with E-state index in [2.05, 4.69) is 4.98 Å². The Hall–Kier alpha value is -2.62. The Labute approximate surface area is 158 Å². The molecule has 1 saturated heterocycles. The second-order valence-corrected chi connectivity index (χ2v) is 6.77. The normalized spacial score (nSPS) is 16.4. The van der Waals surface area contributed by atoms with E-state index in [1.807, 2.05) is 0 Å². The predicted octanol–water partition coefficient (Wildman–Crippen LogP) is 1.42. The number of nitrogens with zero attached hydrogens (tertiary/aromatic N) is 3. The minimum atomic E-state index is -4.27. The summed E-state index contributed by atoms with van der Waals surface area (Å²) < 4.78 is 39.1. The quantitative estimate of drug-likeness (QED) is 0.794. The Bertz CT molecular complexity index is 996. The van der Waals surface area contributed by atoms with Crippen molar-refractivity contribution in [2.75, 3.05) is 32.7 Å². The Morgan fingerprint density at radius 1 is 1.14 bits per heavy atom. The summed E-state index contributed by atoms with van der Waals surface area (Å²) >= 11 is 0. The first-order chi connectivity index (χ1) is 13.2. The minimum Gasteiger partial charge on any atom is -0.337 e. The van der Waals surface area contributed by atoms with Crippen molar-refractivity contribution >= 4 is 16.9 Å². The predicted molar refractivity (Wildman–Crippen MR) is 97.5 cm³/mol. The number of carbonyl (C=O) groups is 1. The summed E-state index contributed by atoms with van der Waals surface area (Å²) in [5.41, 5.74) is -0.238. The molecule has 152 valence electrons. The van der Waals surface area contributed by atoms with Crippen LogP contribution in [0.4, 0.5) is 13.2 Å². The molecular formula is C18H21F3N4O3. The molecule has 1 aliphatic rings. The number of benzene rings is 1. The monoisotopic (exact) mass is 398 g/mol. The first-order valence-corrected chi connectivity index (χ1v) is 9.05. The highest BCUT2D eigenvalue weighted by molar-refractivity contribution is 5.97. The fourth-order valence-corrected chi connectivity index (χ4v) is 3.49. The zero-order valence-corrected chi connectivity index (χ0v) is 15.4. The zero-order valence-electron chi connectivity index (χ0n) is 15.4. The van der Waals surface area contributed by atoms with E-state index in [4.69, 9.17) is 0 Å². The summed E-state index contributed by atoms with van der Waals surface area (Å²) in [6.45, 7) is 2.04. The van der Waals surface area contributed by atoms with Crippen LogP contribution in [-0.4, -0.2) is 64.2 Å². The molecule has 7 nitrogen and oxygen atoms in total. The van der Waals surface area contributed by atoms with Gasteiger partial charge in [0.2, 0.25) is 0 Å². The van der Waals surface area contributed by atoms with Crippen LogP contribution in [0.25, 0.3) is 11.0 Å². The number of rotatable bonds is 3. The van der Waals surface area contributed by atoms with E-state index in [0.29, 0.717) is 36.1 Å². The van der Waals surface area contributed by atoms with Gasteiger partial charge in [-0.25, -0.2) is 0 Å². The lowest BCUT2D eigenvalue weighted by Crippen LogP contribution is -2.38. The van der Waals surface area contributed by atoms with Gasteiger partial charge in [0.15, 0.2) is 0 Å². The van der Waals surface area contributed by atoms with Crippen LogP contribution in [0.3, 0.4) is 0 Å². The van der Waals surface area contributed by atoms with Gasteiger partial charge in [0.05, 0.1) is 17.6 Å². The van der Waals surface area contributed by atoms with E-state index in [9.17, 15) is 27.6 Å². The van der Waals surface area contributed by atoms with Gasteiger partial charge >= 0.3 is 17.3 Å². The van der Waals surface area contributed by atoms with Gasteiger partial charge in [0.1, 0.15) is 0 Å². The van der Waals surface area contributed by atoms with Gasteiger partial charge in [-0.05, 0) is 31.5 Å². The molecule has 0 saturated carbocycles. The van der Waals surface area contributed by atoms with Gasteiger partial charge in [-0.1, -0.05) is 0 Å². The smallest absolute Gasteiger partial charge is 0.337 e. The second kappa shape index (κ2) is 7.78. The Morgan fingerprint density at radius 3 is 2.57 bits per heavy atom. The number of fused-ring (bicyclic) bond motifs is 1. The lowest BCUT2D eigenvalue weighted by molar-refractivity contribution is -0.145. The Balaban J connectivity index is 1.82. The third-order valence-corrected chi connectivity index (χ3v) is 4.82. The fraction of sp³-hybridized carbons (Fsp3) is 0.500. The van der Waals surface area contributed by atoms with Crippen LogP contribution in [-0.2, 0) is 6.54 Å². The third kappa shape index (κ3) is 4.27. The minimum absolute atomic E-state index is 0.144. The number of halogens is 3. The highest BCUT2D eigenvalue weighted by Gasteiger charge is 2.32. The van der Waals surface area contributed by atoms with Crippen molar-refractivity contribution in [2.45, 2.75) is 26.1 Å². The van der Waals surface area contributed by atoms with Crippen molar-refractivity contribution in [1.29, 1.82) is 0 Å². The maximum atomic E-state index is 12.8. The molecule has 0 atom stereocenters. The SMILES string of the molecule is CCn1c(=O)c(=O)[nH]c2cc(C(=O)N3CCCN(CC(F)(F)F)CC3)ccc21. The highest BCUT2D eigenvalue weighted by atomic mass is 19.4. The molecule has 28 heavy (non-hydrogen) atoms. The van der Waals surface area contributed by atoms with Crippen molar-refractivity contribution in [3.8, 4) is 0 Å². The van der Waals surface area contributed by atoms with E-state index >= 15 is 0 Å². The first-order valence-electron chi connectivity index (χ1n) is 9.05. The lowest BCUT2D eigenvalue weighted by Gasteiger charge is -2.23. The number of nitrogens with one attached hydrogen (secondary N) is 1. The van der Waals surface area contributed by atoms with E-state index < -0.39 is 23.8 Å². The number of aryl methyl sites for hydroxylation is 1. The topological polar surface area (TPSA) is 78.4 Å². The molecular weight excluding hydrogens is 377 g/mol. The van der Waals surface area contributed by atoms with Gasteiger partial charge in [-0.2, -0.15) is 13.2 Å². The van der Waals surface area contributed by atoms with Crippen LogP contribution < -0.4 is 11.1 Å². The molecule has 1 amide bonds. The molecule has 1 N–H and O–H groups in total. The number of hydrogen-bond acceptors (Lipinski definition) is 4. The fourth-order valence-electron chi connectivity index (χ4n) is 3.49. The van der Waals surface area contributed by atoms with Crippen molar-refractivity contribution in [3.63, 3.8) is 0 Å². The second-order valence-electron chi connectivity index (χ2n) is 6.77. The number of aromatic nitrogens is 2. The van der Waals surface area contributed by atoms with Crippen molar-refractivity contribution in [1.82, 2.24) is 19.4 Å². The van der Waals surface area contributed by atoms with Crippen LogP contribution in [0.15, 0.2) is 27.8 Å². The molecule has 0 spiro atoms. The average Bonchev–Trinajstić information content (AvgIpc) is 2.86. The molecule has 1 aromatic heterocycles. The number of amides is 1. The molecule has 1 fully saturated rings. The summed E-state index contributed by atoms with van der Waals surface area (Å²) in [4.78, 5) is 41.8. The zero-order chi connectivity index (χ0) is 20.5. The number of aromatic amines is 1. The average molecular weight is 398 g/mol. The summed E-state index contributed by atoms with van der Waals surface area (Å²) in [5.74, 6) is -0.314. The van der Waals surface area contributed by atoms with Gasteiger partial charge in [-0.3, -0.25) is 19.3 Å². The largest absolute Gasteiger partial charge is 0.401 e. The number of carbonyl (C=O) groups excluding carboxylic acids is 1. The number of hydrogen-bond donors (Lipinski definition) is 1. The number of H-pyrrole nitrogens is 1. The molecule has 0 unspecified atom stereocenters. The summed E-state index contributed by atoms with van der Waals surface area (Å²) in [6, 6.07) is 4.66. The first kappa shape index (κ1) is 20.1. The van der Waals surface area contributed by atoms with Gasteiger partial charge in [-0.15, -0.1) is 0 Å². The maximum Gasteiger partial charge on any atom is 0.401 e. The molecule has 10 heteroatoms. The lowest BCUT2D eigenvalue weighted by atomic mass is 10.1. The highest BCUT2D eigenvalue weighted by Crippen LogP contribution is 2.19. The maximum absolute atomic E-state index is 12.8. The van der Waals surface area contributed by atoms with E-state index in [0.717, 1.165) is 0 Å². The van der Waals surface area contributed by atoms with Crippen LogP contribution in [0.2, 0.25) is 0 Å². The van der Waals surface area contributed by atoms with Crippen LogP contribution in [0.1, 0.15) is 23.7 Å². The molecule has 1 aromatic carbocycles. The van der Waals surface area contributed by atoms with Gasteiger partial charge < -0.3 is 14.5 Å². The van der Waals surface area contributed by atoms with E-state index in [1.165, 1.54) is 20.4 Å². The molecule has 0 aliphatic carbocycles. The summed E-state index contributed by atoms with van der Waals surface area (Å²) in [5, 5.41) is 0. The molecule has 2 heterocycles. The van der Waals surface area contributed by atoms with Crippen LogP contribution in [0.5, 0.6) is 0 Å². The molecule has 3 rings (SSSR count). The number of alkyl halides is 3. The Morgan fingerprint density at radius 2 is 1.89 bits per heavy atom. The standard InChI is InChI=1S/C18H21F3N4O3/c1-2-25-14-5-4-12(10-13(14)22-15(26)17(25)28)16(27)24-7-3-6-23(8-9-24)11-18(19,20)21/h4-5,10H,2-3,6-9,11H2,1H3,(H,22,26). The molecule has 2 aromatic rings. The Kier molecular flexibility index (Phi) is 5.59. The molecule has 1 aliphatic heterocycles. The van der Waals surface area contributed by atoms with Crippen LogP contribution in [0, 0.1) is 0 Å². The third-order valence-electron chi connectivity index (χ3n) is 4.82. The summed E-state index contributed by atoms with van der Waals surface area (Å²) in [6.07, 6.45) is -3.82. The van der Waals surface area contributed by atoms with Crippen molar-refractivity contribution < 1.29 is 18.0 Å².